The van der Waals surface area contributed by atoms with Crippen LogP contribution in [0.2, 0.25) is 0 Å². The largest absolute Gasteiger partial charge is 0.378 e. The van der Waals surface area contributed by atoms with Gasteiger partial charge < -0.3 is 30.3 Å². The number of rotatable bonds is 6. The van der Waals surface area contributed by atoms with Crippen molar-refractivity contribution < 1.29 is 23.9 Å². The van der Waals surface area contributed by atoms with Crippen LogP contribution in [0.15, 0.2) is 0 Å². The zero-order valence-corrected chi connectivity index (χ0v) is 16.8. The first-order valence-electron chi connectivity index (χ1n) is 9.85. The SMILES string of the molecule is COCC(=O)N[C@H]1CN(C2COC2)C[C@@H]2C[C@H](NC(=O)NC(C)C)CN2C1=O. The molecule has 0 bridgehead atoms. The van der Waals surface area contributed by atoms with Gasteiger partial charge in [-0.05, 0) is 20.3 Å². The standard InChI is InChI=1S/C18H31N5O5/c1-11(2)19-18(26)20-12-4-13-6-22(14-8-28-9-14)7-15(17(25)23(13)5-12)21-16(24)10-27-3/h11-15H,4-10H2,1-3H3,(H,21,24)(H2,19,20,26)/t12-,13-,15-/m0/s1. The molecule has 0 spiro atoms. The first kappa shape index (κ1) is 20.8. The first-order valence-corrected chi connectivity index (χ1v) is 9.85. The zero-order chi connectivity index (χ0) is 20.3. The van der Waals surface area contributed by atoms with Gasteiger partial charge in [-0.1, -0.05) is 0 Å². The normalized spacial score (nSPS) is 28.5. The summed E-state index contributed by atoms with van der Waals surface area (Å²) in [6.45, 7) is 6.60. The third-order valence-electron chi connectivity index (χ3n) is 5.36. The third-order valence-corrected chi connectivity index (χ3v) is 5.36. The molecule has 3 atom stereocenters. The molecule has 3 heterocycles. The van der Waals surface area contributed by atoms with E-state index in [1.807, 2.05) is 13.8 Å². The van der Waals surface area contributed by atoms with Crippen LogP contribution in [0.5, 0.6) is 0 Å². The second-order valence-corrected chi connectivity index (χ2v) is 8.05. The van der Waals surface area contributed by atoms with Crippen LogP contribution < -0.4 is 16.0 Å². The fourth-order valence-corrected chi connectivity index (χ4v) is 4.02. The van der Waals surface area contributed by atoms with Crippen molar-refractivity contribution in [1.82, 2.24) is 25.8 Å². The van der Waals surface area contributed by atoms with Crippen molar-refractivity contribution in [2.75, 3.05) is 46.6 Å². The van der Waals surface area contributed by atoms with Gasteiger partial charge in [-0.25, -0.2) is 4.79 Å². The summed E-state index contributed by atoms with van der Waals surface area (Å²) in [5.41, 5.74) is 0. The fraction of sp³-hybridized carbons (Fsp3) is 0.833. The fourth-order valence-electron chi connectivity index (χ4n) is 4.02. The van der Waals surface area contributed by atoms with E-state index in [0.29, 0.717) is 39.3 Å². The highest BCUT2D eigenvalue weighted by Gasteiger charge is 2.45. The van der Waals surface area contributed by atoms with Gasteiger partial charge in [-0.3, -0.25) is 14.5 Å². The van der Waals surface area contributed by atoms with Crippen molar-refractivity contribution in [1.29, 1.82) is 0 Å². The van der Waals surface area contributed by atoms with Crippen LogP contribution >= 0.6 is 0 Å². The number of nitrogens with one attached hydrogen (secondary N) is 3. The van der Waals surface area contributed by atoms with Gasteiger partial charge >= 0.3 is 6.03 Å². The van der Waals surface area contributed by atoms with E-state index in [9.17, 15) is 14.4 Å². The van der Waals surface area contributed by atoms with E-state index in [0.717, 1.165) is 0 Å². The molecule has 4 amide bonds. The van der Waals surface area contributed by atoms with Crippen molar-refractivity contribution in [2.45, 2.75) is 50.5 Å². The number of hydrogen-bond acceptors (Lipinski definition) is 6. The number of amides is 4. The Bertz CT molecular complexity index is 597. The Morgan fingerprint density at radius 2 is 1.93 bits per heavy atom. The van der Waals surface area contributed by atoms with Gasteiger partial charge in [0.2, 0.25) is 11.8 Å². The first-order chi connectivity index (χ1) is 13.4. The maximum atomic E-state index is 13.1. The minimum absolute atomic E-state index is 0.00165. The number of ether oxygens (including phenoxy) is 2. The molecule has 28 heavy (non-hydrogen) atoms. The Morgan fingerprint density at radius 3 is 2.54 bits per heavy atom. The van der Waals surface area contributed by atoms with E-state index in [-0.39, 0.29) is 48.6 Å². The van der Waals surface area contributed by atoms with Gasteiger partial charge in [0.25, 0.3) is 0 Å². The number of fused-ring (bicyclic) bond motifs is 1. The zero-order valence-electron chi connectivity index (χ0n) is 16.8. The van der Waals surface area contributed by atoms with Crippen LogP contribution in [0.25, 0.3) is 0 Å². The molecule has 0 aromatic rings. The van der Waals surface area contributed by atoms with Crippen molar-refractivity contribution in [3.63, 3.8) is 0 Å². The van der Waals surface area contributed by atoms with Crippen LogP contribution in [0, 0.1) is 0 Å². The quantitative estimate of drug-likeness (QED) is 0.503. The van der Waals surface area contributed by atoms with E-state index in [2.05, 4.69) is 20.9 Å². The summed E-state index contributed by atoms with van der Waals surface area (Å²) < 4.78 is 10.2. The van der Waals surface area contributed by atoms with Gasteiger partial charge in [0.1, 0.15) is 12.6 Å². The molecule has 3 fully saturated rings. The molecule has 3 aliphatic rings. The van der Waals surface area contributed by atoms with Gasteiger partial charge in [0, 0.05) is 38.8 Å². The van der Waals surface area contributed by atoms with E-state index >= 15 is 0 Å². The lowest BCUT2D eigenvalue weighted by Gasteiger charge is -2.38. The Kier molecular flexibility index (Phi) is 6.73. The van der Waals surface area contributed by atoms with Gasteiger partial charge in [0.15, 0.2) is 0 Å². The summed E-state index contributed by atoms with van der Waals surface area (Å²) in [7, 11) is 1.45. The molecular formula is C18H31N5O5. The van der Waals surface area contributed by atoms with Crippen molar-refractivity contribution in [3.05, 3.63) is 0 Å². The molecular weight excluding hydrogens is 366 g/mol. The molecule has 3 rings (SSSR count). The van der Waals surface area contributed by atoms with E-state index in [4.69, 9.17) is 9.47 Å². The lowest BCUT2D eigenvalue weighted by atomic mass is 10.1. The molecule has 10 nitrogen and oxygen atoms in total. The number of hydrogen-bond donors (Lipinski definition) is 3. The number of nitrogens with zero attached hydrogens (tertiary/aromatic N) is 2. The number of urea groups is 1. The minimum atomic E-state index is -0.628. The second-order valence-electron chi connectivity index (χ2n) is 8.05. The predicted molar refractivity (Wildman–Crippen MR) is 101 cm³/mol. The lowest BCUT2D eigenvalue weighted by Crippen LogP contribution is -2.56. The topological polar surface area (TPSA) is 112 Å². The summed E-state index contributed by atoms with van der Waals surface area (Å²) in [4.78, 5) is 41.2. The molecule has 0 unspecified atom stereocenters. The summed E-state index contributed by atoms with van der Waals surface area (Å²) in [5, 5.41) is 8.58. The molecule has 0 aliphatic carbocycles. The molecule has 3 aliphatic heterocycles. The highest BCUT2D eigenvalue weighted by atomic mass is 16.5. The molecule has 3 saturated heterocycles. The number of carbonyl (C=O) groups excluding carboxylic acids is 3. The summed E-state index contributed by atoms with van der Waals surface area (Å²) in [6, 6.07) is -0.660. The Labute approximate surface area is 165 Å². The van der Waals surface area contributed by atoms with Gasteiger partial charge in [-0.15, -0.1) is 0 Å². The third kappa shape index (κ3) is 4.92. The molecule has 0 saturated carbocycles. The monoisotopic (exact) mass is 397 g/mol. The Morgan fingerprint density at radius 1 is 1.18 bits per heavy atom. The molecule has 158 valence electrons. The Balaban J connectivity index is 1.69. The van der Waals surface area contributed by atoms with Crippen molar-refractivity contribution in [3.8, 4) is 0 Å². The average Bonchev–Trinajstić information content (AvgIpc) is 2.88. The molecule has 0 aromatic heterocycles. The molecule has 0 aromatic carbocycles. The van der Waals surface area contributed by atoms with Gasteiger partial charge in [0.05, 0.1) is 25.3 Å². The van der Waals surface area contributed by atoms with Crippen molar-refractivity contribution >= 4 is 17.8 Å². The van der Waals surface area contributed by atoms with E-state index in [1.54, 1.807) is 4.90 Å². The number of methoxy groups -OCH3 is 1. The van der Waals surface area contributed by atoms with E-state index in [1.165, 1.54) is 7.11 Å². The smallest absolute Gasteiger partial charge is 0.315 e. The van der Waals surface area contributed by atoms with E-state index < -0.39 is 6.04 Å². The summed E-state index contributed by atoms with van der Waals surface area (Å²) in [6.07, 6.45) is 0.695. The lowest BCUT2D eigenvalue weighted by molar-refractivity contribution is -0.137. The second kappa shape index (κ2) is 9.06. The Hall–Kier alpha value is -1.91. The average molecular weight is 397 g/mol. The molecule has 0 radical (unpaired) electrons. The van der Waals surface area contributed by atoms with Crippen LogP contribution in [0.4, 0.5) is 4.79 Å². The van der Waals surface area contributed by atoms with Crippen LogP contribution in [-0.2, 0) is 19.1 Å². The maximum Gasteiger partial charge on any atom is 0.315 e. The molecule has 10 heteroatoms. The highest BCUT2D eigenvalue weighted by Crippen LogP contribution is 2.25. The maximum absolute atomic E-state index is 13.1. The summed E-state index contributed by atoms with van der Waals surface area (Å²) in [5.74, 6) is -0.417. The van der Waals surface area contributed by atoms with Crippen LogP contribution in [0.3, 0.4) is 0 Å². The minimum Gasteiger partial charge on any atom is -0.378 e. The van der Waals surface area contributed by atoms with Crippen LogP contribution in [-0.4, -0.2) is 104 Å². The van der Waals surface area contributed by atoms with Crippen molar-refractivity contribution in [2.24, 2.45) is 0 Å². The summed E-state index contributed by atoms with van der Waals surface area (Å²) >= 11 is 0. The highest BCUT2D eigenvalue weighted by molar-refractivity contribution is 5.89. The predicted octanol–water partition coefficient (Wildman–Crippen LogP) is -1.49. The molecule has 3 N–H and O–H groups in total. The van der Waals surface area contributed by atoms with Gasteiger partial charge in [-0.2, -0.15) is 0 Å². The number of carbonyl (C=O) groups is 3. The van der Waals surface area contributed by atoms with Crippen LogP contribution in [0.1, 0.15) is 20.3 Å².